The number of carboxylic acids is 1. The Bertz CT molecular complexity index is 1280. The van der Waals surface area contributed by atoms with Crippen LogP contribution in [0.1, 0.15) is 35.2 Å². The number of benzene rings is 2. The predicted octanol–water partition coefficient (Wildman–Crippen LogP) is 5.58. The Morgan fingerprint density at radius 1 is 1.14 bits per heavy atom. The maximum Gasteiger partial charge on any atom is 0.371 e. The highest BCUT2D eigenvalue weighted by Gasteiger charge is 2.32. The molecule has 4 rings (SSSR count). The van der Waals surface area contributed by atoms with Crippen LogP contribution in [0.25, 0.3) is 6.08 Å². The van der Waals surface area contributed by atoms with E-state index in [1.165, 1.54) is 24.9 Å². The van der Waals surface area contributed by atoms with Gasteiger partial charge in [-0.25, -0.2) is 9.79 Å². The fraction of sp³-hybridized carbons (Fsp3) is 0.192. The minimum absolute atomic E-state index is 0.0453. The van der Waals surface area contributed by atoms with E-state index in [1.807, 2.05) is 43.3 Å². The van der Waals surface area contributed by atoms with Crippen molar-refractivity contribution in [2.24, 2.45) is 4.99 Å². The molecule has 3 aromatic rings. The number of aromatic carboxylic acids is 1. The number of carbonyl (C=O) groups excluding carboxylic acids is 1. The number of thioether (sulfide) groups is 1. The van der Waals surface area contributed by atoms with Crippen LogP contribution in [0.2, 0.25) is 0 Å². The topological polar surface area (TPSA) is 102 Å². The van der Waals surface area contributed by atoms with Gasteiger partial charge in [0, 0.05) is 6.54 Å². The Morgan fingerprint density at radius 2 is 1.94 bits per heavy atom. The number of rotatable bonds is 9. The van der Waals surface area contributed by atoms with Gasteiger partial charge in [-0.2, -0.15) is 0 Å². The molecule has 8 nitrogen and oxygen atoms in total. The number of hydrogen-bond donors (Lipinski definition) is 1. The Morgan fingerprint density at radius 3 is 2.63 bits per heavy atom. The van der Waals surface area contributed by atoms with Crippen molar-refractivity contribution in [2.75, 3.05) is 13.7 Å². The van der Waals surface area contributed by atoms with Crippen molar-refractivity contribution in [2.45, 2.75) is 20.0 Å². The highest BCUT2D eigenvalue weighted by Crippen LogP contribution is 2.36. The van der Waals surface area contributed by atoms with E-state index in [1.54, 1.807) is 29.2 Å². The molecular weight excluding hydrogens is 468 g/mol. The van der Waals surface area contributed by atoms with Gasteiger partial charge < -0.3 is 19.0 Å². The van der Waals surface area contributed by atoms with Gasteiger partial charge in [0.2, 0.25) is 5.76 Å². The Kier molecular flexibility index (Phi) is 7.57. The molecule has 1 amide bonds. The molecule has 35 heavy (non-hydrogen) atoms. The molecule has 0 spiro atoms. The summed E-state index contributed by atoms with van der Waals surface area (Å²) in [6.45, 7) is 2.65. The van der Waals surface area contributed by atoms with Crippen molar-refractivity contribution >= 4 is 40.6 Å². The lowest BCUT2D eigenvalue weighted by molar-refractivity contribution is -0.122. The average Bonchev–Trinajstić information content (AvgIpc) is 3.45. The van der Waals surface area contributed by atoms with Crippen molar-refractivity contribution in [1.82, 2.24) is 4.90 Å². The smallest absolute Gasteiger partial charge is 0.371 e. The van der Waals surface area contributed by atoms with Gasteiger partial charge >= 0.3 is 5.97 Å². The molecule has 180 valence electrons. The second-order valence-corrected chi connectivity index (χ2v) is 8.58. The molecule has 2 aromatic carbocycles. The third-order valence-corrected chi connectivity index (χ3v) is 6.05. The van der Waals surface area contributed by atoms with Gasteiger partial charge in [-0.3, -0.25) is 9.69 Å². The number of carboxylic acid groups (broad SMARTS) is 1. The second kappa shape index (κ2) is 11.0. The fourth-order valence-corrected chi connectivity index (χ4v) is 4.41. The summed E-state index contributed by atoms with van der Waals surface area (Å²) in [6.07, 6.45) is 2.62. The standard InChI is InChI=1S/C26H24N2O6S/c1-3-13-28-24(29)23(35-26(28)27-18-7-5-4-6-8-18)15-17-9-11-20(22(14-17)32-2)33-16-19-10-12-21(34-19)25(30)31/h4-12,14-15H,3,13,16H2,1-2H3,(H,30,31). The Hall–Kier alpha value is -3.98. The number of carbonyl (C=O) groups is 2. The summed E-state index contributed by atoms with van der Waals surface area (Å²) in [5, 5.41) is 9.63. The van der Waals surface area contributed by atoms with Crippen molar-refractivity contribution in [3.05, 3.63) is 82.7 Å². The van der Waals surface area contributed by atoms with E-state index in [0.717, 1.165) is 17.7 Å². The monoisotopic (exact) mass is 492 g/mol. The van der Waals surface area contributed by atoms with Gasteiger partial charge in [0.1, 0.15) is 12.4 Å². The van der Waals surface area contributed by atoms with E-state index >= 15 is 0 Å². The molecule has 0 saturated carbocycles. The number of ether oxygens (including phenoxy) is 2. The molecule has 1 aliphatic rings. The summed E-state index contributed by atoms with van der Waals surface area (Å²) in [5.74, 6) is -0.0537. The van der Waals surface area contributed by atoms with Crippen LogP contribution < -0.4 is 9.47 Å². The summed E-state index contributed by atoms with van der Waals surface area (Å²) < 4.78 is 16.4. The lowest BCUT2D eigenvalue weighted by Gasteiger charge is -2.13. The third-order valence-electron chi connectivity index (χ3n) is 5.04. The van der Waals surface area contributed by atoms with Crippen molar-refractivity contribution in [1.29, 1.82) is 0 Å². The summed E-state index contributed by atoms with van der Waals surface area (Å²) >= 11 is 1.34. The molecule has 1 aromatic heterocycles. The minimum atomic E-state index is -1.14. The van der Waals surface area contributed by atoms with Crippen molar-refractivity contribution in [3.8, 4) is 11.5 Å². The molecule has 0 atom stereocenters. The molecule has 1 aliphatic heterocycles. The normalized spacial score (nSPS) is 15.7. The molecule has 2 heterocycles. The zero-order valence-electron chi connectivity index (χ0n) is 19.3. The molecule has 0 radical (unpaired) electrons. The van der Waals surface area contributed by atoms with Gasteiger partial charge in [0.25, 0.3) is 5.91 Å². The van der Waals surface area contributed by atoms with Gasteiger partial charge in [-0.1, -0.05) is 31.2 Å². The number of methoxy groups -OCH3 is 1. The molecular formula is C26H24N2O6S. The van der Waals surface area contributed by atoms with Gasteiger partial charge in [0.05, 0.1) is 17.7 Å². The van der Waals surface area contributed by atoms with Crippen LogP contribution in [-0.2, 0) is 11.4 Å². The first kappa shape index (κ1) is 24.2. The van der Waals surface area contributed by atoms with Crippen LogP contribution in [-0.4, -0.2) is 40.7 Å². The van der Waals surface area contributed by atoms with E-state index in [4.69, 9.17) is 19.0 Å². The summed E-state index contributed by atoms with van der Waals surface area (Å²) in [5.41, 5.74) is 1.56. The third kappa shape index (κ3) is 5.75. The summed E-state index contributed by atoms with van der Waals surface area (Å²) in [4.78, 5) is 31.0. The molecule has 1 fully saturated rings. The number of amides is 1. The molecule has 0 aliphatic carbocycles. The van der Waals surface area contributed by atoms with Crippen LogP contribution in [0.4, 0.5) is 5.69 Å². The van der Waals surface area contributed by atoms with E-state index in [9.17, 15) is 9.59 Å². The van der Waals surface area contributed by atoms with Crippen LogP contribution in [0.15, 0.2) is 75.0 Å². The van der Waals surface area contributed by atoms with E-state index in [0.29, 0.717) is 33.9 Å². The first-order valence-electron chi connectivity index (χ1n) is 11.0. The van der Waals surface area contributed by atoms with Gasteiger partial charge in [0.15, 0.2) is 16.7 Å². The highest BCUT2D eigenvalue weighted by atomic mass is 32.2. The molecule has 1 saturated heterocycles. The van der Waals surface area contributed by atoms with Crippen LogP contribution in [0.5, 0.6) is 11.5 Å². The maximum absolute atomic E-state index is 13.1. The van der Waals surface area contributed by atoms with E-state index < -0.39 is 5.97 Å². The molecule has 1 N–H and O–H groups in total. The SMILES string of the molecule is CCCN1C(=O)C(=Cc2ccc(OCc3ccc(C(=O)O)o3)c(OC)c2)SC1=Nc1ccccc1. The quantitative estimate of drug-likeness (QED) is 0.389. The first-order chi connectivity index (χ1) is 17.0. The number of aliphatic imine (C=N–C) groups is 1. The predicted molar refractivity (Wildman–Crippen MR) is 134 cm³/mol. The zero-order valence-corrected chi connectivity index (χ0v) is 20.1. The van der Waals surface area contributed by atoms with E-state index in [2.05, 4.69) is 4.99 Å². The minimum Gasteiger partial charge on any atom is -0.493 e. The van der Waals surface area contributed by atoms with Gasteiger partial charge in [-0.05, 0) is 66.2 Å². The Balaban J connectivity index is 1.53. The van der Waals surface area contributed by atoms with Gasteiger partial charge in [-0.15, -0.1) is 0 Å². The lowest BCUT2D eigenvalue weighted by Crippen LogP contribution is -2.29. The van der Waals surface area contributed by atoms with Crippen LogP contribution >= 0.6 is 11.8 Å². The number of furan rings is 1. The lowest BCUT2D eigenvalue weighted by atomic mass is 10.2. The second-order valence-electron chi connectivity index (χ2n) is 7.57. The first-order valence-corrected chi connectivity index (χ1v) is 11.8. The highest BCUT2D eigenvalue weighted by molar-refractivity contribution is 8.18. The average molecular weight is 493 g/mol. The number of amidine groups is 1. The number of para-hydroxylation sites is 1. The molecule has 9 heteroatoms. The molecule has 0 unspecified atom stereocenters. The zero-order chi connectivity index (χ0) is 24.8. The molecule has 0 bridgehead atoms. The van der Waals surface area contributed by atoms with Crippen molar-refractivity contribution in [3.63, 3.8) is 0 Å². The number of hydrogen-bond acceptors (Lipinski definition) is 7. The van der Waals surface area contributed by atoms with Crippen molar-refractivity contribution < 1.29 is 28.6 Å². The number of nitrogens with zero attached hydrogens (tertiary/aromatic N) is 2. The van der Waals surface area contributed by atoms with Crippen LogP contribution in [0, 0.1) is 0 Å². The van der Waals surface area contributed by atoms with E-state index in [-0.39, 0.29) is 18.3 Å². The Labute approximate surface area is 206 Å². The summed E-state index contributed by atoms with van der Waals surface area (Å²) in [7, 11) is 1.53. The largest absolute Gasteiger partial charge is 0.493 e. The van der Waals surface area contributed by atoms with Crippen LogP contribution in [0.3, 0.4) is 0 Å². The summed E-state index contributed by atoms with van der Waals surface area (Å²) in [6, 6.07) is 17.8. The fourth-order valence-electron chi connectivity index (χ4n) is 3.39. The maximum atomic E-state index is 13.1.